The largest absolute Gasteiger partial charge is 0.476 e. The summed E-state index contributed by atoms with van der Waals surface area (Å²) in [6.07, 6.45) is 0. The van der Waals surface area contributed by atoms with E-state index in [1.165, 1.54) is 0 Å². The number of aromatic amines is 1. The van der Waals surface area contributed by atoms with E-state index in [4.69, 9.17) is 5.11 Å². The molecule has 0 spiro atoms. The van der Waals surface area contributed by atoms with Crippen molar-refractivity contribution in [2.45, 2.75) is 0 Å². The van der Waals surface area contributed by atoms with E-state index in [0.29, 0.717) is 0 Å². The number of aromatic carboxylic acids is 1. The molecule has 2 aromatic rings. The third-order valence-electron chi connectivity index (χ3n) is 1.81. The second-order valence-corrected chi connectivity index (χ2v) is 2.69. The molecule has 0 amide bonds. The first-order valence-corrected chi connectivity index (χ1v) is 3.66. The lowest BCUT2D eigenvalue weighted by atomic mass is 10.2. The van der Waals surface area contributed by atoms with Crippen LogP contribution in [0.1, 0.15) is 10.5 Å². The fourth-order valence-corrected chi connectivity index (χ4v) is 1.17. The van der Waals surface area contributed by atoms with E-state index in [2.05, 4.69) is 10.2 Å². The summed E-state index contributed by atoms with van der Waals surface area (Å²) in [7, 11) is 0. The van der Waals surface area contributed by atoms with Crippen molar-refractivity contribution in [1.29, 1.82) is 0 Å². The minimum atomic E-state index is -1.29. The highest BCUT2D eigenvalue weighted by atomic mass is 19.2. The zero-order valence-corrected chi connectivity index (χ0v) is 6.71. The van der Waals surface area contributed by atoms with Crippen LogP contribution < -0.4 is 0 Å². The Morgan fingerprint density at radius 1 is 1.36 bits per heavy atom. The van der Waals surface area contributed by atoms with Gasteiger partial charge in [-0.15, -0.1) is 0 Å². The molecule has 14 heavy (non-hydrogen) atoms. The number of carboxylic acids is 1. The van der Waals surface area contributed by atoms with Gasteiger partial charge in [-0.1, -0.05) is 0 Å². The van der Waals surface area contributed by atoms with Crippen LogP contribution in [0.2, 0.25) is 0 Å². The molecule has 0 saturated carbocycles. The molecule has 0 aliphatic carbocycles. The molecule has 0 fully saturated rings. The summed E-state index contributed by atoms with van der Waals surface area (Å²) < 4.78 is 25.4. The number of carboxylic acid groups (broad SMARTS) is 1. The van der Waals surface area contributed by atoms with Gasteiger partial charge >= 0.3 is 5.97 Å². The molecule has 0 bridgehead atoms. The van der Waals surface area contributed by atoms with Crippen molar-refractivity contribution < 1.29 is 18.7 Å². The molecule has 0 aliphatic heterocycles. The molecule has 6 heteroatoms. The summed E-state index contributed by atoms with van der Waals surface area (Å²) in [5.74, 6) is -3.43. The number of hydrogen-bond donors (Lipinski definition) is 2. The molecule has 0 radical (unpaired) electrons. The number of benzene rings is 1. The van der Waals surface area contributed by atoms with Crippen LogP contribution in [0.15, 0.2) is 12.1 Å². The van der Waals surface area contributed by atoms with Crippen molar-refractivity contribution in [3.8, 4) is 0 Å². The van der Waals surface area contributed by atoms with E-state index in [-0.39, 0.29) is 16.6 Å². The van der Waals surface area contributed by atoms with Crippen molar-refractivity contribution in [3.63, 3.8) is 0 Å². The SMILES string of the molecule is O=C(O)c1n[nH]c2cc(F)c(F)cc12. The summed E-state index contributed by atoms with van der Waals surface area (Å²) >= 11 is 0. The van der Waals surface area contributed by atoms with Crippen molar-refractivity contribution in [2.75, 3.05) is 0 Å². The van der Waals surface area contributed by atoms with Gasteiger partial charge in [-0.25, -0.2) is 13.6 Å². The van der Waals surface area contributed by atoms with Gasteiger partial charge in [0.05, 0.1) is 5.52 Å². The van der Waals surface area contributed by atoms with Crippen molar-refractivity contribution >= 4 is 16.9 Å². The van der Waals surface area contributed by atoms with Crippen LogP contribution in [-0.4, -0.2) is 21.3 Å². The molecule has 1 aromatic carbocycles. The normalized spacial score (nSPS) is 10.7. The molecule has 2 rings (SSSR count). The number of hydrogen-bond acceptors (Lipinski definition) is 2. The van der Waals surface area contributed by atoms with E-state index in [1.807, 2.05) is 0 Å². The Morgan fingerprint density at radius 2 is 2.00 bits per heavy atom. The molecule has 0 atom stereocenters. The Bertz CT molecular complexity index is 521. The summed E-state index contributed by atoms with van der Waals surface area (Å²) in [4.78, 5) is 10.6. The molecular formula is C8H4F2N2O2. The molecule has 1 aromatic heterocycles. The molecule has 0 unspecified atom stereocenters. The van der Waals surface area contributed by atoms with Gasteiger partial charge in [0.1, 0.15) is 0 Å². The van der Waals surface area contributed by atoms with Gasteiger partial charge in [-0.3, -0.25) is 5.10 Å². The topological polar surface area (TPSA) is 66.0 Å². The Kier molecular flexibility index (Phi) is 1.70. The lowest BCUT2D eigenvalue weighted by molar-refractivity contribution is 0.0692. The molecule has 1 heterocycles. The van der Waals surface area contributed by atoms with Gasteiger partial charge < -0.3 is 5.11 Å². The third-order valence-corrected chi connectivity index (χ3v) is 1.81. The van der Waals surface area contributed by atoms with Gasteiger partial charge in [-0.2, -0.15) is 5.10 Å². The predicted molar refractivity (Wildman–Crippen MR) is 43.0 cm³/mol. The van der Waals surface area contributed by atoms with E-state index < -0.39 is 17.6 Å². The van der Waals surface area contributed by atoms with Crippen LogP contribution in [0.25, 0.3) is 10.9 Å². The van der Waals surface area contributed by atoms with Gasteiger partial charge in [0.25, 0.3) is 0 Å². The Hall–Kier alpha value is -1.98. The van der Waals surface area contributed by atoms with E-state index in [1.54, 1.807) is 0 Å². The number of halogens is 2. The summed E-state index contributed by atoms with van der Waals surface area (Å²) in [5.41, 5.74) is -0.166. The van der Waals surface area contributed by atoms with Crippen LogP contribution in [0.3, 0.4) is 0 Å². The first-order chi connectivity index (χ1) is 6.59. The van der Waals surface area contributed by atoms with Gasteiger partial charge in [0.2, 0.25) is 0 Å². The molecular weight excluding hydrogens is 194 g/mol. The fraction of sp³-hybridized carbons (Fsp3) is 0. The van der Waals surface area contributed by atoms with E-state index in [9.17, 15) is 13.6 Å². The van der Waals surface area contributed by atoms with E-state index >= 15 is 0 Å². The van der Waals surface area contributed by atoms with Gasteiger partial charge in [-0.05, 0) is 6.07 Å². The monoisotopic (exact) mass is 198 g/mol. The third kappa shape index (κ3) is 1.12. The fourth-order valence-electron chi connectivity index (χ4n) is 1.17. The van der Waals surface area contributed by atoms with Crippen LogP contribution in [0.4, 0.5) is 8.78 Å². The lowest BCUT2D eigenvalue weighted by Gasteiger charge is -1.93. The highest BCUT2D eigenvalue weighted by molar-refractivity contribution is 6.00. The molecule has 2 N–H and O–H groups in total. The zero-order valence-electron chi connectivity index (χ0n) is 6.71. The number of nitrogens with zero attached hydrogens (tertiary/aromatic N) is 1. The maximum Gasteiger partial charge on any atom is 0.357 e. The van der Waals surface area contributed by atoms with Crippen molar-refractivity contribution in [3.05, 3.63) is 29.5 Å². The highest BCUT2D eigenvalue weighted by Gasteiger charge is 2.15. The summed E-state index contributed by atoms with van der Waals surface area (Å²) in [6, 6.07) is 1.67. The first kappa shape index (κ1) is 8.61. The number of rotatable bonds is 1. The summed E-state index contributed by atoms with van der Waals surface area (Å²) in [5, 5.41) is 14.4. The van der Waals surface area contributed by atoms with Crippen LogP contribution in [0.5, 0.6) is 0 Å². The minimum absolute atomic E-state index is 0.0522. The smallest absolute Gasteiger partial charge is 0.357 e. The molecule has 0 saturated heterocycles. The maximum absolute atomic E-state index is 12.8. The second-order valence-electron chi connectivity index (χ2n) is 2.69. The number of nitrogens with one attached hydrogen (secondary N) is 1. The lowest BCUT2D eigenvalue weighted by Crippen LogP contribution is -1.97. The number of aromatic nitrogens is 2. The van der Waals surface area contributed by atoms with Crippen LogP contribution in [-0.2, 0) is 0 Å². The maximum atomic E-state index is 12.8. The first-order valence-electron chi connectivity index (χ1n) is 3.66. The molecule has 4 nitrogen and oxygen atoms in total. The molecule has 0 aliphatic rings. The van der Waals surface area contributed by atoms with Crippen molar-refractivity contribution in [2.24, 2.45) is 0 Å². The zero-order chi connectivity index (χ0) is 10.3. The highest BCUT2D eigenvalue weighted by Crippen LogP contribution is 2.19. The van der Waals surface area contributed by atoms with Gasteiger partial charge in [0, 0.05) is 11.5 Å². The van der Waals surface area contributed by atoms with Gasteiger partial charge in [0.15, 0.2) is 17.3 Å². The number of carbonyl (C=O) groups is 1. The molecule has 72 valence electrons. The predicted octanol–water partition coefficient (Wildman–Crippen LogP) is 1.54. The average Bonchev–Trinajstić information content (AvgIpc) is 2.48. The number of fused-ring (bicyclic) bond motifs is 1. The second kappa shape index (κ2) is 2.76. The summed E-state index contributed by atoms with van der Waals surface area (Å²) in [6.45, 7) is 0. The minimum Gasteiger partial charge on any atom is -0.476 e. The standard InChI is InChI=1S/C8H4F2N2O2/c9-4-1-3-6(2-5(4)10)11-12-7(3)8(13)14/h1-2H,(H,11,12)(H,13,14). The average molecular weight is 198 g/mol. The Balaban J connectivity index is 2.80. The van der Waals surface area contributed by atoms with Crippen molar-refractivity contribution in [1.82, 2.24) is 10.2 Å². The van der Waals surface area contributed by atoms with E-state index in [0.717, 1.165) is 12.1 Å². The van der Waals surface area contributed by atoms with Crippen LogP contribution in [0, 0.1) is 11.6 Å². The quantitative estimate of drug-likeness (QED) is 0.730. The number of H-pyrrole nitrogens is 1. The Labute approximate surface area is 76.2 Å². The Morgan fingerprint density at radius 3 is 2.64 bits per heavy atom. The van der Waals surface area contributed by atoms with Crippen LogP contribution >= 0.6 is 0 Å².